The second-order valence-corrected chi connectivity index (χ2v) is 7.83. The highest BCUT2D eigenvalue weighted by Gasteiger charge is 2.72. The summed E-state index contributed by atoms with van der Waals surface area (Å²) >= 11 is 0. The molecule has 2 N–H and O–H groups in total. The number of hydrogen-bond donors (Lipinski definition) is 2. The van der Waals surface area contributed by atoms with Crippen LogP contribution in [-0.2, 0) is 19.1 Å². The number of rotatable bonds is 4. The number of nitrogens with one attached hydrogen (secondary N) is 2. The van der Waals surface area contributed by atoms with Gasteiger partial charge in [-0.15, -0.1) is 6.42 Å². The van der Waals surface area contributed by atoms with Crippen LogP contribution in [0.5, 0.6) is 0 Å². The van der Waals surface area contributed by atoms with Crippen LogP contribution in [0, 0.1) is 24.2 Å². The van der Waals surface area contributed by atoms with E-state index in [1.54, 1.807) is 12.2 Å². The zero-order chi connectivity index (χ0) is 19.2. The van der Waals surface area contributed by atoms with E-state index >= 15 is 0 Å². The van der Waals surface area contributed by atoms with E-state index in [-0.39, 0.29) is 30.3 Å². The van der Waals surface area contributed by atoms with Gasteiger partial charge in [0.05, 0.1) is 24.5 Å². The largest absolute Gasteiger partial charge is 0.359 e. The molecule has 2 bridgehead atoms. The van der Waals surface area contributed by atoms with Gasteiger partial charge in [-0.05, 0) is 12.8 Å². The van der Waals surface area contributed by atoms with Gasteiger partial charge in [0.15, 0.2) is 0 Å². The van der Waals surface area contributed by atoms with Gasteiger partial charge >= 0.3 is 0 Å². The fraction of sp³-hybridized carbons (Fsp3) is 0.650. The van der Waals surface area contributed by atoms with Crippen LogP contribution in [0.2, 0.25) is 0 Å². The Balaban J connectivity index is 1.66. The molecule has 5 atom stereocenters. The molecule has 1 aliphatic carbocycles. The van der Waals surface area contributed by atoms with Gasteiger partial charge in [0, 0.05) is 13.1 Å². The number of fused-ring (bicyclic) bond motifs is 1. The highest BCUT2D eigenvalue weighted by molar-refractivity contribution is 6.00. The first-order valence-electron chi connectivity index (χ1n) is 9.66. The molecule has 0 aromatic rings. The van der Waals surface area contributed by atoms with E-state index in [0.717, 1.165) is 25.7 Å². The smallest absolute Gasteiger partial charge is 0.246 e. The lowest BCUT2D eigenvalue weighted by atomic mass is 9.74. The lowest BCUT2D eigenvalue weighted by molar-refractivity contribution is -0.141. The summed E-state index contributed by atoms with van der Waals surface area (Å²) in [5.41, 5.74) is -1.12. The summed E-state index contributed by atoms with van der Waals surface area (Å²) in [6.07, 6.45) is 13.8. The Morgan fingerprint density at radius 1 is 1.33 bits per heavy atom. The molecule has 0 aromatic heterocycles. The molecule has 7 nitrogen and oxygen atoms in total. The van der Waals surface area contributed by atoms with Crippen molar-refractivity contribution in [2.24, 2.45) is 11.8 Å². The second-order valence-electron chi connectivity index (χ2n) is 7.83. The maximum absolute atomic E-state index is 13.2. The number of terminal acetylenes is 1. The Morgan fingerprint density at radius 2 is 2.07 bits per heavy atom. The van der Waals surface area contributed by atoms with Crippen LogP contribution in [0.25, 0.3) is 0 Å². The summed E-state index contributed by atoms with van der Waals surface area (Å²) in [7, 11) is 1.54. The molecule has 1 saturated carbocycles. The summed E-state index contributed by atoms with van der Waals surface area (Å²) in [6, 6.07) is -0.731. The van der Waals surface area contributed by atoms with Crippen molar-refractivity contribution < 1.29 is 19.1 Å². The van der Waals surface area contributed by atoms with Gasteiger partial charge in [0.25, 0.3) is 0 Å². The average Bonchev–Trinajstić information content (AvgIpc) is 3.30. The van der Waals surface area contributed by atoms with Gasteiger partial charge in [0.2, 0.25) is 17.7 Å². The zero-order valence-corrected chi connectivity index (χ0v) is 15.4. The lowest BCUT2D eigenvalue weighted by Crippen LogP contribution is -2.56. The van der Waals surface area contributed by atoms with Gasteiger partial charge in [0.1, 0.15) is 11.6 Å². The van der Waals surface area contributed by atoms with Crippen molar-refractivity contribution in [1.82, 2.24) is 15.5 Å². The number of ether oxygens (including phenoxy) is 1. The van der Waals surface area contributed by atoms with E-state index in [1.165, 1.54) is 18.4 Å². The number of carbonyl (C=O) groups excluding carboxylic acids is 3. The van der Waals surface area contributed by atoms with Gasteiger partial charge in [-0.1, -0.05) is 37.3 Å². The molecule has 3 aliphatic heterocycles. The van der Waals surface area contributed by atoms with Crippen LogP contribution in [0.15, 0.2) is 12.2 Å². The maximum atomic E-state index is 13.2. The minimum Gasteiger partial charge on any atom is -0.359 e. The van der Waals surface area contributed by atoms with Crippen LogP contribution in [0.1, 0.15) is 32.1 Å². The van der Waals surface area contributed by atoms with E-state index in [1.807, 2.05) is 0 Å². The fourth-order valence-corrected chi connectivity index (χ4v) is 5.23. The SMILES string of the molecule is C#CCN1C(=O)[C@@H]2[C@H](C(=O)NC)[C@@H]3C=C[C@@]2(O3)[C@H]1C(=O)NC1CCCCC1. The molecule has 3 fully saturated rings. The topological polar surface area (TPSA) is 87.7 Å². The highest BCUT2D eigenvalue weighted by Crippen LogP contribution is 2.54. The Labute approximate surface area is 158 Å². The fourth-order valence-electron chi connectivity index (χ4n) is 5.23. The van der Waals surface area contributed by atoms with Crippen LogP contribution in [-0.4, -0.2) is 60.0 Å². The Hall–Kier alpha value is -2.33. The molecule has 144 valence electrons. The maximum Gasteiger partial charge on any atom is 0.246 e. The Bertz CT molecular complexity index is 736. The van der Waals surface area contributed by atoms with Gasteiger partial charge in [-0.3, -0.25) is 14.4 Å². The van der Waals surface area contributed by atoms with Crippen LogP contribution >= 0.6 is 0 Å². The first-order valence-corrected chi connectivity index (χ1v) is 9.66. The van der Waals surface area contributed by atoms with Crippen molar-refractivity contribution in [3.8, 4) is 12.3 Å². The third-order valence-electron chi connectivity index (χ3n) is 6.38. The predicted molar refractivity (Wildman–Crippen MR) is 97.1 cm³/mol. The van der Waals surface area contributed by atoms with Crippen molar-refractivity contribution in [2.75, 3.05) is 13.6 Å². The quantitative estimate of drug-likeness (QED) is 0.536. The number of carbonyl (C=O) groups is 3. The van der Waals surface area contributed by atoms with Crippen molar-refractivity contribution in [3.05, 3.63) is 12.2 Å². The van der Waals surface area contributed by atoms with Crippen LogP contribution in [0.4, 0.5) is 0 Å². The molecule has 4 rings (SSSR count). The van der Waals surface area contributed by atoms with E-state index in [4.69, 9.17) is 11.2 Å². The second kappa shape index (κ2) is 6.68. The molecule has 7 heteroatoms. The molecule has 3 amide bonds. The third kappa shape index (κ3) is 2.58. The van der Waals surface area contributed by atoms with Crippen molar-refractivity contribution in [1.29, 1.82) is 0 Å². The van der Waals surface area contributed by atoms with Crippen LogP contribution in [0.3, 0.4) is 0 Å². The molecule has 2 saturated heterocycles. The monoisotopic (exact) mass is 371 g/mol. The first-order chi connectivity index (χ1) is 13.0. The molecule has 1 spiro atoms. The summed E-state index contributed by atoms with van der Waals surface area (Å²) < 4.78 is 6.13. The Kier molecular flexibility index (Phi) is 4.47. The molecule has 3 heterocycles. The minimum atomic E-state index is -1.12. The molecule has 0 aromatic carbocycles. The van der Waals surface area contributed by atoms with Crippen molar-refractivity contribution >= 4 is 17.7 Å². The first kappa shape index (κ1) is 18.1. The third-order valence-corrected chi connectivity index (χ3v) is 6.38. The number of amides is 3. The van der Waals surface area contributed by atoms with E-state index in [2.05, 4.69) is 16.6 Å². The Morgan fingerprint density at radius 3 is 2.74 bits per heavy atom. The number of likely N-dealkylation sites (tertiary alicyclic amines) is 1. The van der Waals surface area contributed by atoms with Crippen molar-refractivity contribution in [2.45, 2.75) is 55.9 Å². The lowest BCUT2D eigenvalue weighted by Gasteiger charge is -2.33. The summed E-state index contributed by atoms with van der Waals surface area (Å²) in [6.45, 7) is 0.0160. The average molecular weight is 371 g/mol. The molecule has 27 heavy (non-hydrogen) atoms. The normalized spacial score (nSPS) is 37.2. The molecular formula is C20H25N3O4. The van der Waals surface area contributed by atoms with Crippen LogP contribution < -0.4 is 10.6 Å². The molecule has 0 unspecified atom stereocenters. The van der Waals surface area contributed by atoms with Crippen molar-refractivity contribution in [3.63, 3.8) is 0 Å². The zero-order valence-electron chi connectivity index (χ0n) is 15.4. The number of hydrogen-bond acceptors (Lipinski definition) is 4. The summed E-state index contributed by atoms with van der Waals surface area (Å²) in [4.78, 5) is 40.2. The van der Waals surface area contributed by atoms with E-state index < -0.39 is 29.6 Å². The highest BCUT2D eigenvalue weighted by atomic mass is 16.5. The minimum absolute atomic E-state index is 0.0160. The van der Waals surface area contributed by atoms with Gasteiger partial charge in [-0.25, -0.2) is 0 Å². The predicted octanol–water partition coefficient (Wildman–Crippen LogP) is -0.0349. The van der Waals surface area contributed by atoms with Gasteiger partial charge in [-0.2, -0.15) is 0 Å². The molecule has 4 aliphatic rings. The van der Waals surface area contributed by atoms with E-state index in [0.29, 0.717) is 0 Å². The standard InChI is InChI=1S/C20H25N3O4/c1-3-11-23-16(18(25)22-12-7-5-4-6-8-12)20-10-9-13(27-20)14(17(24)21-2)15(20)19(23)26/h1,9-10,12-16H,4-8,11H2,2H3,(H,21,24)(H,22,25)/t13-,14+,15-,16+,20-/m0/s1. The molecular weight excluding hydrogens is 346 g/mol. The molecule has 0 radical (unpaired) electrons. The van der Waals surface area contributed by atoms with E-state index in [9.17, 15) is 14.4 Å². The summed E-state index contributed by atoms with van der Waals surface area (Å²) in [5.74, 6) is 0.346. The summed E-state index contributed by atoms with van der Waals surface area (Å²) in [5, 5.41) is 5.72. The number of nitrogens with zero attached hydrogens (tertiary/aromatic N) is 1. The van der Waals surface area contributed by atoms with Gasteiger partial charge < -0.3 is 20.3 Å².